The summed E-state index contributed by atoms with van der Waals surface area (Å²) in [5.41, 5.74) is 6.47. The van der Waals surface area contributed by atoms with E-state index in [4.69, 9.17) is 10.5 Å². The highest BCUT2D eigenvalue weighted by Gasteiger charge is 2.50. The number of hydrogen-bond donors (Lipinski definition) is 1. The van der Waals surface area contributed by atoms with Crippen molar-refractivity contribution in [2.75, 3.05) is 45.9 Å². The predicted molar refractivity (Wildman–Crippen MR) is 67.9 cm³/mol. The first kappa shape index (κ1) is 11.9. The number of hydrogen-bond acceptors (Lipinski definition) is 4. The number of nitrogens with two attached hydrogens (primary N) is 1. The molecule has 3 fully saturated rings. The van der Waals surface area contributed by atoms with E-state index >= 15 is 0 Å². The Morgan fingerprint density at radius 1 is 1.35 bits per heavy atom. The largest absolute Gasteiger partial charge is 0.379 e. The van der Waals surface area contributed by atoms with Crippen LogP contribution in [0.2, 0.25) is 0 Å². The second kappa shape index (κ2) is 4.50. The fourth-order valence-corrected chi connectivity index (χ4v) is 4.18. The molecule has 0 aromatic rings. The third-order valence-electron chi connectivity index (χ3n) is 5.19. The van der Waals surface area contributed by atoms with Crippen molar-refractivity contribution >= 4 is 0 Å². The highest BCUT2D eigenvalue weighted by atomic mass is 16.5. The zero-order valence-electron chi connectivity index (χ0n) is 10.9. The minimum Gasteiger partial charge on any atom is -0.379 e. The molecule has 3 aliphatic rings. The van der Waals surface area contributed by atoms with Crippen molar-refractivity contribution in [2.24, 2.45) is 11.7 Å². The average molecular weight is 239 g/mol. The molecule has 17 heavy (non-hydrogen) atoms. The Morgan fingerprint density at radius 2 is 2.24 bits per heavy atom. The van der Waals surface area contributed by atoms with Gasteiger partial charge in [-0.1, -0.05) is 0 Å². The molecule has 4 unspecified atom stereocenters. The fraction of sp³-hybridized carbons (Fsp3) is 1.00. The van der Waals surface area contributed by atoms with Gasteiger partial charge in [-0.2, -0.15) is 0 Å². The Morgan fingerprint density at radius 3 is 3.00 bits per heavy atom. The number of fused-ring (bicyclic) bond motifs is 2. The quantitative estimate of drug-likeness (QED) is 0.744. The predicted octanol–water partition coefficient (Wildman–Crippen LogP) is 0.130. The standard InChI is InChI=1S/C13H25N3O/c1-11-9-17-7-6-16(11)13(10-14)3-5-15-4-2-12(13)8-15/h11-12H,2-10,14H2,1H3. The van der Waals surface area contributed by atoms with E-state index in [9.17, 15) is 0 Å². The van der Waals surface area contributed by atoms with E-state index in [-0.39, 0.29) is 5.54 Å². The van der Waals surface area contributed by atoms with Crippen molar-refractivity contribution in [3.8, 4) is 0 Å². The molecule has 3 saturated heterocycles. The van der Waals surface area contributed by atoms with E-state index < -0.39 is 0 Å². The molecule has 4 heteroatoms. The summed E-state index contributed by atoms with van der Waals surface area (Å²) in [7, 11) is 0. The average Bonchev–Trinajstić information content (AvgIpc) is 2.76. The second-order valence-electron chi connectivity index (χ2n) is 5.96. The van der Waals surface area contributed by atoms with Gasteiger partial charge in [-0.05, 0) is 38.8 Å². The molecule has 98 valence electrons. The van der Waals surface area contributed by atoms with Crippen molar-refractivity contribution < 1.29 is 4.74 Å². The topological polar surface area (TPSA) is 41.7 Å². The number of rotatable bonds is 2. The van der Waals surface area contributed by atoms with Crippen LogP contribution in [-0.2, 0) is 4.74 Å². The number of ether oxygens (including phenoxy) is 1. The van der Waals surface area contributed by atoms with Gasteiger partial charge < -0.3 is 15.4 Å². The van der Waals surface area contributed by atoms with Crippen molar-refractivity contribution in [1.29, 1.82) is 0 Å². The third kappa shape index (κ3) is 1.82. The van der Waals surface area contributed by atoms with Gasteiger partial charge in [-0.25, -0.2) is 0 Å². The Balaban J connectivity index is 1.84. The minimum absolute atomic E-state index is 0.260. The van der Waals surface area contributed by atoms with Gasteiger partial charge in [0.25, 0.3) is 0 Å². The molecule has 4 atom stereocenters. The maximum absolute atomic E-state index is 6.21. The second-order valence-corrected chi connectivity index (χ2v) is 5.96. The van der Waals surface area contributed by atoms with Gasteiger partial charge in [0.1, 0.15) is 0 Å². The first-order valence-corrected chi connectivity index (χ1v) is 7.03. The number of piperidine rings is 1. The lowest BCUT2D eigenvalue weighted by atomic mass is 9.76. The summed E-state index contributed by atoms with van der Waals surface area (Å²) in [6.07, 6.45) is 2.58. The Kier molecular flexibility index (Phi) is 3.15. The van der Waals surface area contributed by atoms with E-state index in [1.54, 1.807) is 0 Å². The summed E-state index contributed by atoms with van der Waals surface area (Å²) in [6.45, 7) is 9.70. The van der Waals surface area contributed by atoms with Gasteiger partial charge >= 0.3 is 0 Å². The van der Waals surface area contributed by atoms with E-state index in [2.05, 4.69) is 16.7 Å². The summed E-state index contributed by atoms with van der Waals surface area (Å²) in [5.74, 6) is 0.779. The molecule has 2 N–H and O–H groups in total. The lowest BCUT2D eigenvalue weighted by molar-refractivity contribution is -0.0879. The third-order valence-corrected chi connectivity index (χ3v) is 5.19. The molecule has 0 aromatic carbocycles. The van der Waals surface area contributed by atoms with Gasteiger partial charge in [-0.3, -0.25) is 4.90 Å². The molecule has 2 bridgehead atoms. The summed E-state index contributed by atoms with van der Waals surface area (Å²) in [4.78, 5) is 5.27. The molecule has 0 spiro atoms. The number of morpholine rings is 1. The van der Waals surface area contributed by atoms with Gasteiger partial charge in [0, 0.05) is 31.2 Å². The highest BCUT2D eigenvalue weighted by Crippen LogP contribution is 2.40. The zero-order chi connectivity index (χ0) is 11.9. The highest BCUT2D eigenvalue weighted by molar-refractivity contribution is 5.06. The van der Waals surface area contributed by atoms with Crippen LogP contribution in [-0.4, -0.2) is 67.3 Å². The summed E-state index contributed by atoms with van der Waals surface area (Å²) < 4.78 is 5.58. The van der Waals surface area contributed by atoms with Crippen LogP contribution in [0.3, 0.4) is 0 Å². The van der Waals surface area contributed by atoms with E-state index in [0.717, 1.165) is 32.2 Å². The summed E-state index contributed by atoms with van der Waals surface area (Å²) in [5, 5.41) is 0. The van der Waals surface area contributed by atoms with Crippen LogP contribution in [0.4, 0.5) is 0 Å². The van der Waals surface area contributed by atoms with Crippen LogP contribution in [0, 0.1) is 5.92 Å². The van der Waals surface area contributed by atoms with E-state index in [1.165, 1.54) is 32.5 Å². The van der Waals surface area contributed by atoms with Crippen molar-refractivity contribution in [3.63, 3.8) is 0 Å². The maximum Gasteiger partial charge on any atom is 0.0620 e. The minimum atomic E-state index is 0.260. The van der Waals surface area contributed by atoms with E-state index in [0.29, 0.717) is 6.04 Å². The first-order valence-electron chi connectivity index (χ1n) is 7.03. The fourth-order valence-electron chi connectivity index (χ4n) is 4.18. The van der Waals surface area contributed by atoms with Crippen LogP contribution < -0.4 is 5.73 Å². The Labute approximate surface area is 104 Å². The van der Waals surface area contributed by atoms with Crippen molar-refractivity contribution in [2.45, 2.75) is 31.3 Å². The summed E-state index contributed by atoms with van der Waals surface area (Å²) in [6, 6.07) is 0.527. The van der Waals surface area contributed by atoms with Gasteiger partial charge in [0.15, 0.2) is 0 Å². The molecule has 3 rings (SSSR count). The van der Waals surface area contributed by atoms with E-state index in [1.807, 2.05) is 0 Å². The van der Waals surface area contributed by atoms with Crippen LogP contribution in [0.5, 0.6) is 0 Å². The van der Waals surface area contributed by atoms with Gasteiger partial charge in [-0.15, -0.1) is 0 Å². The molecular formula is C13H25N3O. The van der Waals surface area contributed by atoms with Crippen LogP contribution >= 0.6 is 0 Å². The zero-order valence-corrected chi connectivity index (χ0v) is 10.9. The van der Waals surface area contributed by atoms with Crippen molar-refractivity contribution in [1.82, 2.24) is 9.80 Å². The van der Waals surface area contributed by atoms with Gasteiger partial charge in [0.2, 0.25) is 0 Å². The maximum atomic E-state index is 6.21. The molecule has 4 nitrogen and oxygen atoms in total. The molecule has 3 aliphatic heterocycles. The Hall–Kier alpha value is -0.160. The molecule has 0 aromatic heterocycles. The molecule has 0 aliphatic carbocycles. The SMILES string of the molecule is CC1COCCN1C1(CN)CCN2CCC1C2. The monoisotopic (exact) mass is 239 g/mol. The molecule has 0 radical (unpaired) electrons. The number of nitrogens with zero attached hydrogens (tertiary/aromatic N) is 2. The lowest BCUT2D eigenvalue weighted by Crippen LogP contribution is -2.66. The first-order chi connectivity index (χ1) is 8.26. The smallest absolute Gasteiger partial charge is 0.0620 e. The van der Waals surface area contributed by atoms with Crippen LogP contribution in [0.25, 0.3) is 0 Å². The normalized spacial score (nSPS) is 47.3. The van der Waals surface area contributed by atoms with Crippen LogP contribution in [0.15, 0.2) is 0 Å². The van der Waals surface area contributed by atoms with Crippen LogP contribution in [0.1, 0.15) is 19.8 Å². The summed E-state index contributed by atoms with van der Waals surface area (Å²) >= 11 is 0. The Bertz CT molecular complexity index is 286. The molecule has 0 saturated carbocycles. The molecular weight excluding hydrogens is 214 g/mol. The van der Waals surface area contributed by atoms with Crippen molar-refractivity contribution in [3.05, 3.63) is 0 Å². The van der Waals surface area contributed by atoms with Gasteiger partial charge in [0.05, 0.1) is 13.2 Å². The lowest BCUT2D eigenvalue weighted by Gasteiger charge is -2.53. The molecule has 3 heterocycles. The molecule has 0 amide bonds.